The SMILES string of the molecule is CCCC[C@H]1C(=O)N(C)[C@@H](CCCC)C(=O)N[C@@H](CCCNC(=N)N)C(=O)N[C@H](C(=O)NCC(N)=O)CSCC(=O)N[C@@H](Cc2cccnc2)C(=O)N(C)[C@@H](C)C(=O)NC(CC(N)=O)C(=O)N2CCC[C@H]2C(=O)N[C@@H](Cc2c[nH]cn2)C(=O)N[C@@H](CC(C)C)C(=O)N2C[C@H](O)CC2C(=O)N[C@@H](Cc2c[nH]c3ccccc23)C(=O)N[C@@H](CO)C(=O)N[C@@H](Cc2c[nH]c3ccccc23)C(=O)N1C. The third-order valence-electron chi connectivity index (χ3n) is 24.1. The average molecular weight is 1900 g/mol. The Bertz CT molecular complexity index is 5190. The Hall–Kier alpha value is -13.6. The van der Waals surface area contributed by atoms with Gasteiger partial charge in [-0.05, 0) is 92.7 Å². The van der Waals surface area contributed by atoms with Crippen LogP contribution in [-0.2, 0) is 107 Å². The minimum Gasteiger partial charge on any atom is -0.394 e. The van der Waals surface area contributed by atoms with Crippen LogP contribution in [0.4, 0.5) is 0 Å². The van der Waals surface area contributed by atoms with E-state index >= 15 is 38.4 Å². The molecular weight excluding hydrogens is 1770 g/mol. The van der Waals surface area contributed by atoms with Gasteiger partial charge in [-0.25, -0.2) is 4.98 Å². The zero-order chi connectivity index (χ0) is 98.4. The van der Waals surface area contributed by atoms with Gasteiger partial charge in [0.1, 0.15) is 84.6 Å². The lowest BCUT2D eigenvalue weighted by atomic mass is 10.00. The Morgan fingerprint density at radius 1 is 0.563 bits per heavy atom. The highest BCUT2D eigenvalue weighted by Crippen LogP contribution is 2.28. The van der Waals surface area contributed by atoms with Crippen LogP contribution in [0.2, 0.25) is 0 Å². The number of guanidine groups is 1. The summed E-state index contributed by atoms with van der Waals surface area (Å²) in [6, 6.07) is -4.49. The molecule has 0 bridgehead atoms. The molecule has 3 aliphatic rings. The summed E-state index contributed by atoms with van der Waals surface area (Å²) in [7, 11) is 3.93. The smallest absolute Gasteiger partial charge is 0.246 e. The van der Waals surface area contributed by atoms with Crippen LogP contribution in [0.1, 0.15) is 140 Å². The number of benzene rings is 2. The average Bonchev–Trinajstić information content (AvgIpc) is 1.72. The molecule has 0 saturated carbocycles. The zero-order valence-electron chi connectivity index (χ0n) is 77.1. The van der Waals surface area contributed by atoms with Crippen LogP contribution in [0.5, 0.6) is 0 Å². The van der Waals surface area contributed by atoms with Gasteiger partial charge in [-0.2, -0.15) is 0 Å². The molecule has 9 rings (SSSR count). The second kappa shape index (κ2) is 50.5. The van der Waals surface area contributed by atoms with E-state index in [0.29, 0.717) is 64.2 Å². The van der Waals surface area contributed by atoms with E-state index < -0.39 is 241 Å². The Labute approximate surface area is 784 Å². The monoisotopic (exact) mass is 1890 g/mol. The number of H-pyrrole nitrogens is 3. The van der Waals surface area contributed by atoms with Crippen molar-refractivity contribution in [2.75, 3.05) is 65.4 Å². The summed E-state index contributed by atoms with van der Waals surface area (Å²) in [4.78, 5) is 273. The molecule has 6 aromatic rings. The van der Waals surface area contributed by atoms with Gasteiger partial charge in [0.25, 0.3) is 0 Å². The van der Waals surface area contributed by atoms with Crippen LogP contribution in [0.3, 0.4) is 0 Å². The molecule has 45 heteroatoms. The maximum Gasteiger partial charge on any atom is 0.246 e. The normalized spacial score (nSPS) is 24.8. The van der Waals surface area contributed by atoms with E-state index in [4.69, 9.17) is 22.6 Å². The van der Waals surface area contributed by atoms with Gasteiger partial charge in [0.15, 0.2) is 5.96 Å². The van der Waals surface area contributed by atoms with Crippen LogP contribution >= 0.6 is 11.8 Å². The standard InChI is InChI=1S/C90H127N25O19S/c1-9-11-26-69-82(127)103-60(25-18-30-97-90(93)94)78(123)110-68(77(122)100-43-74(92)119)46-135-47-75(120)102-64(33-51-20-17-29-95-39-51)85(130)111(6)50(5)76(121)106-66(38-73(91)118)87(132)114-31-19-28-70(114)83(128)105-62(36-54-42-96-48-101-54)80(125)107-63(32-49(3)4)88(133)115-44-55(117)37-72(115)84(129)104-61(34-52-40-98-58-23-15-13-21-56(52)58)79(124)109-67(45-116)81(126)108-65(35-53-41-99-59-24-16-14-22-57(53)59)86(131)113(8)71(27-12-10-2)89(134)112(69)7/h13-17,20-24,29,39-42,48-50,55,60-72,98-99,116-117H,9-12,18-19,25-28,30-38,43-47H2,1-8H3,(H2,91,118)(H2,92,119)(H,96,101)(H,100,122)(H,102,120)(H,103,127)(H,104,129)(H,105,128)(H,106,121)(H,107,125)(H,108,126)(H,109,124)(H,110,123)(H4,93,94,97)/t50-,55+,60-,61-,62-,63-,64-,65-,66?,67-,68-,69-,70-,71-,72?/m0/s1. The molecule has 44 nitrogen and oxygen atoms in total. The number of aromatic amines is 3. The van der Waals surface area contributed by atoms with Gasteiger partial charge in [0, 0.05) is 131 Å². The molecule has 15 atom stereocenters. The number of rotatable bonds is 26. The first kappa shape index (κ1) is 105. The predicted molar refractivity (Wildman–Crippen MR) is 496 cm³/mol. The summed E-state index contributed by atoms with van der Waals surface area (Å²) in [6.07, 6.45) is 6.74. The maximum absolute atomic E-state index is 15.8. The minimum absolute atomic E-state index is 0.00768. The fourth-order valence-electron chi connectivity index (χ4n) is 16.7. The van der Waals surface area contributed by atoms with Crippen molar-refractivity contribution in [1.82, 2.24) is 108 Å². The van der Waals surface area contributed by atoms with Gasteiger partial charge < -0.3 is 125 Å². The molecule has 135 heavy (non-hydrogen) atoms. The summed E-state index contributed by atoms with van der Waals surface area (Å²) in [5.74, 6) is -17.7. The number of carbonyl (C=O) groups is 17. The van der Waals surface area contributed by atoms with Crippen molar-refractivity contribution >= 4 is 140 Å². The van der Waals surface area contributed by atoms with Gasteiger partial charge in [0.2, 0.25) is 100 Å². The third kappa shape index (κ3) is 29.5. The molecule has 23 N–H and O–H groups in total. The molecule has 17 amide bonds. The van der Waals surface area contributed by atoms with E-state index in [1.807, 2.05) is 13.8 Å². The second-order valence-electron chi connectivity index (χ2n) is 34.7. The largest absolute Gasteiger partial charge is 0.394 e. The lowest BCUT2D eigenvalue weighted by molar-refractivity contribution is -0.149. The van der Waals surface area contributed by atoms with Crippen molar-refractivity contribution in [2.45, 2.75) is 234 Å². The van der Waals surface area contributed by atoms with Crippen molar-refractivity contribution < 1.29 is 91.7 Å². The number of aromatic nitrogens is 5. The van der Waals surface area contributed by atoms with Gasteiger partial charge in [-0.3, -0.25) is 91.9 Å². The van der Waals surface area contributed by atoms with E-state index in [-0.39, 0.29) is 95.3 Å². The molecule has 3 fully saturated rings. The predicted octanol–water partition coefficient (Wildman–Crippen LogP) is -3.24. The molecule has 0 spiro atoms. The number of primary amides is 2. The third-order valence-corrected chi connectivity index (χ3v) is 25.1. The molecular formula is C90H127N25O19S. The topological polar surface area (TPSA) is 654 Å². The molecule has 0 aliphatic carbocycles. The Balaban J connectivity index is 1.10. The number of para-hydroxylation sites is 2. The number of pyridine rings is 1. The van der Waals surface area contributed by atoms with Crippen LogP contribution in [0, 0.1) is 11.3 Å². The Kier molecular flexibility index (Phi) is 39.3. The van der Waals surface area contributed by atoms with Crippen LogP contribution in [0.25, 0.3) is 21.8 Å². The molecule has 3 aliphatic heterocycles. The summed E-state index contributed by atoms with van der Waals surface area (Å²) < 4.78 is 0. The molecule has 0 radical (unpaired) electrons. The quantitative estimate of drug-likeness (QED) is 0.0144. The van der Waals surface area contributed by atoms with Crippen LogP contribution < -0.4 is 75.7 Å². The number of hydrogen-bond acceptors (Lipinski definition) is 23. The Morgan fingerprint density at radius 3 is 1.72 bits per heavy atom. The highest BCUT2D eigenvalue weighted by molar-refractivity contribution is 8.00. The lowest BCUT2D eigenvalue weighted by Crippen LogP contribution is -2.62. The number of thioether (sulfide) groups is 1. The number of nitrogens with zero attached hydrogens (tertiary/aromatic N) is 7. The number of unbranched alkanes of at least 4 members (excludes halogenated alkanes) is 2. The fourth-order valence-corrected chi connectivity index (χ4v) is 17.5. The van der Waals surface area contributed by atoms with Gasteiger partial charge in [0.05, 0.1) is 43.5 Å². The number of nitrogens with two attached hydrogens (primary N) is 3. The van der Waals surface area contributed by atoms with Crippen LogP contribution in [-0.4, -0.2) is 322 Å². The highest BCUT2D eigenvalue weighted by atomic mass is 32.2. The van der Waals surface area contributed by atoms with Crippen molar-refractivity contribution in [3.05, 3.63) is 120 Å². The van der Waals surface area contributed by atoms with Gasteiger partial charge in [-0.1, -0.05) is 95.8 Å². The molecule has 3 saturated heterocycles. The summed E-state index contributed by atoms with van der Waals surface area (Å²) >= 11 is 0.779. The van der Waals surface area contributed by atoms with E-state index in [9.17, 15) is 53.4 Å². The highest BCUT2D eigenvalue weighted by Gasteiger charge is 2.47. The number of amides is 17. The van der Waals surface area contributed by atoms with Crippen molar-refractivity contribution in [3.63, 3.8) is 0 Å². The fraction of sp³-hybridized carbons (Fsp3) is 0.533. The number of carbonyl (C=O) groups excluding carboxylic acids is 17. The number of nitrogens with one attached hydrogen (secondary N) is 15. The van der Waals surface area contributed by atoms with Crippen molar-refractivity contribution in [2.24, 2.45) is 23.1 Å². The molecule has 4 aromatic heterocycles. The minimum atomic E-state index is -1.89. The number of aliphatic hydroxyl groups excluding tert-OH is 2. The van der Waals surface area contributed by atoms with Gasteiger partial charge in [-0.15, -0.1) is 11.8 Å². The van der Waals surface area contributed by atoms with E-state index in [1.54, 1.807) is 86.9 Å². The Morgan fingerprint density at radius 2 is 1.12 bits per heavy atom. The van der Waals surface area contributed by atoms with E-state index in [1.165, 1.54) is 53.0 Å². The number of aliphatic hydroxyl groups is 2. The zero-order valence-corrected chi connectivity index (χ0v) is 77.9. The van der Waals surface area contributed by atoms with Crippen LogP contribution in [0.15, 0.2) is 98.0 Å². The molecule has 2 aromatic carbocycles. The number of fused-ring (bicyclic) bond motifs is 4. The molecule has 2 unspecified atom stereocenters. The first-order valence-electron chi connectivity index (χ1n) is 45.3. The maximum atomic E-state index is 15.8. The summed E-state index contributed by atoms with van der Waals surface area (Å²) in [5, 5.41) is 61.0. The first-order chi connectivity index (χ1) is 64.4. The number of imidazole rings is 1. The summed E-state index contributed by atoms with van der Waals surface area (Å²) in [6.45, 7) is 6.07. The lowest BCUT2D eigenvalue weighted by Gasteiger charge is -2.36. The van der Waals surface area contributed by atoms with Crippen molar-refractivity contribution in [3.8, 4) is 0 Å². The van der Waals surface area contributed by atoms with E-state index in [2.05, 4.69) is 83.4 Å². The molecule has 7 heterocycles. The number of hydrogen-bond donors (Lipinski definition) is 20. The van der Waals surface area contributed by atoms with E-state index in [0.717, 1.165) is 36.3 Å². The summed E-state index contributed by atoms with van der Waals surface area (Å²) in [5.41, 5.74) is 19.8. The van der Waals surface area contributed by atoms with Gasteiger partial charge >= 0.3 is 0 Å². The first-order valence-corrected chi connectivity index (χ1v) is 46.4. The molecule has 732 valence electrons. The number of likely N-dealkylation sites (N-methyl/N-ethyl adjacent to an activating group) is 3. The second-order valence-corrected chi connectivity index (χ2v) is 35.7. The van der Waals surface area contributed by atoms with Crippen molar-refractivity contribution in [1.29, 1.82) is 5.41 Å².